The van der Waals surface area contributed by atoms with Crippen molar-refractivity contribution in [2.24, 2.45) is 5.92 Å². The van der Waals surface area contributed by atoms with E-state index in [9.17, 15) is 23.2 Å². The van der Waals surface area contributed by atoms with Crippen molar-refractivity contribution in [1.29, 1.82) is 5.26 Å². The van der Waals surface area contributed by atoms with E-state index in [1.54, 1.807) is 11.8 Å². The fourth-order valence-corrected chi connectivity index (χ4v) is 4.44. The highest BCUT2D eigenvalue weighted by Crippen LogP contribution is 2.41. The van der Waals surface area contributed by atoms with E-state index in [1.165, 1.54) is 17.8 Å². The Morgan fingerprint density at radius 1 is 1.37 bits per heavy atom. The molecule has 0 radical (unpaired) electrons. The van der Waals surface area contributed by atoms with Crippen LogP contribution in [0.3, 0.4) is 0 Å². The number of benzene rings is 1. The van der Waals surface area contributed by atoms with Gasteiger partial charge in [-0.3, -0.25) is 4.79 Å². The van der Waals surface area contributed by atoms with Crippen LogP contribution in [0.25, 0.3) is 0 Å². The number of carbonyl (C=O) groups is 1. The number of fused-ring (bicyclic) bond motifs is 1. The molecule has 1 saturated carbocycles. The standard InChI is InChI=1S/C19H22F3N3OS/c1-12-7-8-25(10-17(26)24-18(2,11-23)13-3-4-13)15-9-14(19(20,21)22)5-6-16(15)27-12/h5-6,9,12-13H,3-4,7-8,10H2,1-2H3,(H,24,26)/t12-,18+/m1/s1. The number of hydrogen-bond donors (Lipinski definition) is 1. The minimum absolute atomic E-state index is 0.0639. The van der Waals surface area contributed by atoms with Gasteiger partial charge in [0.25, 0.3) is 0 Å². The molecule has 1 aliphatic carbocycles. The molecule has 1 aromatic carbocycles. The lowest BCUT2D eigenvalue weighted by Gasteiger charge is -2.28. The Kier molecular flexibility index (Phi) is 5.35. The van der Waals surface area contributed by atoms with E-state index in [2.05, 4.69) is 11.4 Å². The normalized spacial score (nSPS) is 22.2. The Bertz CT molecular complexity index is 772. The number of anilines is 1. The summed E-state index contributed by atoms with van der Waals surface area (Å²) in [7, 11) is 0. The van der Waals surface area contributed by atoms with E-state index in [-0.39, 0.29) is 23.6 Å². The summed E-state index contributed by atoms with van der Waals surface area (Å²) in [6, 6.07) is 5.87. The van der Waals surface area contributed by atoms with Gasteiger partial charge in [0.15, 0.2) is 0 Å². The molecule has 0 bridgehead atoms. The largest absolute Gasteiger partial charge is 0.416 e. The third-order valence-corrected chi connectivity index (χ3v) is 6.36. The average molecular weight is 397 g/mol. The van der Waals surface area contributed by atoms with Crippen LogP contribution in [-0.2, 0) is 11.0 Å². The highest BCUT2D eigenvalue weighted by atomic mass is 32.2. The molecule has 1 amide bonds. The molecule has 3 rings (SSSR count). The van der Waals surface area contributed by atoms with Gasteiger partial charge in [0.05, 0.1) is 23.9 Å². The number of nitrogens with zero attached hydrogens (tertiary/aromatic N) is 2. The van der Waals surface area contributed by atoms with Crippen LogP contribution in [0.15, 0.2) is 23.1 Å². The molecule has 27 heavy (non-hydrogen) atoms. The van der Waals surface area contributed by atoms with E-state index in [1.807, 2.05) is 6.92 Å². The Labute approximate surface area is 161 Å². The molecule has 2 aliphatic rings. The highest BCUT2D eigenvalue weighted by Gasteiger charge is 2.43. The van der Waals surface area contributed by atoms with E-state index in [0.717, 1.165) is 36.3 Å². The molecule has 1 heterocycles. The van der Waals surface area contributed by atoms with Crippen LogP contribution in [0.2, 0.25) is 0 Å². The predicted octanol–water partition coefficient (Wildman–Crippen LogP) is 4.20. The SMILES string of the molecule is C[C@@H]1CCN(CC(=O)N[C@@](C)(C#N)C2CC2)c2cc(C(F)(F)F)ccc2S1. The predicted molar refractivity (Wildman–Crippen MR) is 98.5 cm³/mol. The molecule has 8 heteroatoms. The molecule has 0 aromatic heterocycles. The van der Waals surface area contributed by atoms with Gasteiger partial charge in [-0.2, -0.15) is 18.4 Å². The van der Waals surface area contributed by atoms with Crippen molar-refractivity contribution in [1.82, 2.24) is 5.32 Å². The maximum absolute atomic E-state index is 13.1. The minimum Gasteiger partial charge on any atom is -0.361 e. The monoisotopic (exact) mass is 397 g/mol. The second-order valence-electron chi connectivity index (χ2n) is 7.46. The zero-order chi connectivity index (χ0) is 19.8. The van der Waals surface area contributed by atoms with Crippen LogP contribution in [0.5, 0.6) is 0 Å². The van der Waals surface area contributed by atoms with Crippen molar-refractivity contribution >= 4 is 23.4 Å². The smallest absolute Gasteiger partial charge is 0.361 e. The van der Waals surface area contributed by atoms with Gasteiger partial charge < -0.3 is 10.2 Å². The first kappa shape index (κ1) is 19.9. The first-order chi connectivity index (χ1) is 12.6. The van der Waals surface area contributed by atoms with Crippen molar-refractivity contribution in [2.75, 3.05) is 18.0 Å². The van der Waals surface area contributed by atoms with Crippen molar-refractivity contribution in [3.05, 3.63) is 23.8 Å². The van der Waals surface area contributed by atoms with Crippen LogP contribution >= 0.6 is 11.8 Å². The maximum atomic E-state index is 13.1. The van der Waals surface area contributed by atoms with Crippen molar-refractivity contribution in [3.8, 4) is 6.07 Å². The Morgan fingerprint density at radius 2 is 2.07 bits per heavy atom. The number of alkyl halides is 3. The minimum atomic E-state index is -4.43. The second kappa shape index (κ2) is 7.27. The number of amides is 1. The third kappa shape index (κ3) is 4.52. The Morgan fingerprint density at radius 3 is 2.67 bits per heavy atom. The Balaban J connectivity index is 1.83. The number of nitrogens with one attached hydrogen (secondary N) is 1. The molecule has 1 N–H and O–H groups in total. The lowest BCUT2D eigenvalue weighted by molar-refractivity contribution is -0.137. The maximum Gasteiger partial charge on any atom is 0.416 e. The van der Waals surface area contributed by atoms with E-state index < -0.39 is 17.3 Å². The topological polar surface area (TPSA) is 56.1 Å². The first-order valence-corrected chi connectivity index (χ1v) is 9.85. The van der Waals surface area contributed by atoms with Crippen LogP contribution < -0.4 is 10.2 Å². The summed E-state index contributed by atoms with van der Waals surface area (Å²) in [5.41, 5.74) is -1.21. The molecule has 146 valence electrons. The fraction of sp³-hybridized carbons (Fsp3) is 0.579. The summed E-state index contributed by atoms with van der Waals surface area (Å²) < 4.78 is 39.4. The number of hydrogen-bond acceptors (Lipinski definition) is 4. The third-order valence-electron chi connectivity index (χ3n) is 5.12. The number of halogens is 3. The van der Waals surface area contributed by atoms with Crippen molar-refractivity contribution in [2.45, 2.75) is 55.0 Å². The zero-order valence-electron chi connectivity index (χ0n) is 15.3. The highest BCUT2D eigenvalue weighted by molar-refractivity contribution is 8.00. The van der Waals surface area contributed by atoms with E-state index in [4.69, 9.17) is 0 Å². The molecule has 2 atom stereocenters. The first-order valence-electron chi connectivity index (χ1n) is 8.97. The number of nitriles is 1. The molecular formula is C19H22F3N3OS. The van der Waals surface area contributed by atoms with Gasteiger partial charge in [0, 0.05) is 16.7 Å². The van der Waals surface area contributed by atoms with Crippen LogP contribution in [0, 0.1) is 17.2 Å². The van der Waals surface area contributed by atoms with Gasteiger partial charge in [-0.15, -0.1) is 11.8 Å². The Hall–Kier alpha value is -1.88. The van der Waals surface area contributed by atoms with Crippen LogP contribution in [-0.4, -0.2) is 29.8 Å². The summed E-state index contributed by atoms with van der Waals surface area (Å²) in [6.45, 7) is 4.16. The zero-order valence-corrected chi connectivity index (χ0v) is 16.1. The van der Waals surface area contributed by atoms with Gasteiger partial charge in [0.1, 0.15) is 5.54 Å². The molecule has 1 fully saturated rings. The lowest BCUT2D eigenvalue weighted by atomic mass is 9.98. The summed E-state index contributed by atoms with van der Waals surface area (Å²) in [5, 5.41) is 12.4. The summed E-state index contributed by atoms with van der Waals surface area (Å²) in [6.07, 6.45) is -1.87. The second-order valence-corrected chi connectivity index (χ2v) is 8.94. The molecule has 1 aliphatic heterocycles. The van der Waals surface area contributed by atoms with E-state index >= 15 is 0 Å². The van der Waals surface area contributed by atoms with E-state index in [0.29, 0.717) is 12.2 Å². The molecule has 0 saturated heterocycles. The summed E-state index contributed by atoms with van der Waals surface area (Å²) in [5.74, 6) is -0.191. The van der Waals surface area contributed by atoms with Crippen molar-refractivity contribution in [3.63, 3.8) is 0 Å². The van der Waals surface area contributed by atoms with Gasteiger partial charge >= 0.3 is 6.18 Å². The van der Waals surface area contributed by atoms with Gasteiger partial charge in [-0.25, -0.2) is 0 Å². The summed E-state index contributed by atoms with van der Waals surface area (Å²) in [4.78, 5) is 15.0. The quantitative estimate of drug-likeness (QED) is 0.827. The fourth-order valence-electron chi connectivity index (χ4n) is 3.32. The number of carbonyl (C=O) groups excluding carboxylic acids is 1. The molecule has 0 unspecified atom stereocenters. The van der Waals surface area contributed by atoms with Crippen LogP contribution in [0.4, 0.5) is 18.9 Å². The number of thioether (sulfide) groups is 1. The van der Waals surface area contributed by atoms with Gasteiger partial charge in [-0.05, 0) is 50.3 Å². The lowest BCUT2D eigenvalue weighted by Crippen LogP contribution is -2.50. The molecule has 0 spiro atoms. The van der Waals surface area contributed by atoms with Crippen molar-refractivity contribution < 1.29 is 18.0 Å². The number of rotatable bonds is 4. The molecule has 1 aromatic rings. The van der Waals surface area contributed by atoms with Crippen LogP contribution in [0.1, 0.15) is 38.7 Å². The molecular weight excluding hydrogens is 375 g/mol. The van der Waals surface area contributed by atoms with Gasteiger partial charge in [-0.1, -0.05) is 6.92 Å². The van der Waals surface area contributed by atoms with Gasteiger partial charge in [0.2, 0.25) is 5.91 Å². The average Bonchev–Trinajstić information content (AvgIpc) is 3.43. The summed E-state index contributed by atoms with van der Waals surface area (Å²) >= 11 is 1.52. The molecule has 4 nitrogen and oxygen atoms in total.